The zero-order valence-electron chi connectivity index (χ0n) is 24.4. The quantitative estimate of drug-likeness (QED) is 0.313. The van der Waals surface area contributed by atoms with Crippen molar-refractivity contribution in [1.82, 2.24) is 19.7 Å². The zero-order chi connectivity index (χ0) is 31.0. The number of rotatable bonds is 7. The molecule has 12 heteroatoms. The van der Waals surface area contributed by atoms with Crippen molar-refractivity contribution >= 4 is 29.3 Å². The van der Waals surface area contributed by atoms with Crippen LogP contribution in [-0.4, -0.2) is 64.1 Å². The SMILES string of the molecule is COc1nc(-c2cccc(-c3cccc(NC(=O)c4ccnn(C)c4=O)c3C)c2Cl)ccc1CN1C(=O)OC2COCCC21. The number of benzene rings is 2. The van der Waals surface area contributed by atoms with E-state index < -0.39 is 11.5 Å². The first-order chi connectivity index (χ1) is 21.3. The number of nitrogens with zero attached hydrogens (tertiary/aromatic N) is 4. The maximum absolute atomic E-state index is 12.9. The van der Waals surface area contributed by atoms with Crippen LogP contribution < -0.4 is 15.6 Å². The number of hydrogen-bond acceptors (Lipinski definition) is 8. The highest BCUT2D eigenvalue weighted by Crippen LogP contribution is 2.39. The molecule has 2 aromatic carbocycles. The summed E-state index contributed by atoms with van der Waals surface area (Å²) in [6.45, 7) is 3.15. The van der Waals surface area contributed by atoms with Crippen molar-refractivity contribution < 1.29 is 23.8 Å². The van der Waals surface area contributed by atoms with E-state index in [4.69, 9.17) is 30.8 Å². The van der Waals surface area contributed by atoms with Crippen molar-refractivity contribution in [1.29, 1.82) is 0 Å². The van der Waals surface area contributed by atoms with Crippen LogP contribution in [-0.2, 0) is 23.1 Å². The molecule has 2 atom stereocenters. The number of hydrogen-bond donors (Lipinski definition) is 1. The number of carbonyl (C=O) groups is 2. The number of aromatic nitrogens is 3. The molecule has 2 aliphatic heterocycles. The summed E-state index contributed by atoms with van der Waals surface area (Å²) < 4.78 is 17.7. The van der Waals surface area contributed by atoms with Gasteiger partial charge in [-0.25, -0.2) is 14.5 Å². The number of anilines is 1. The number of nitrogens with one attached hydrogen (secondary N) is 1. The molecule has 0 aliphatic carbocycles. The molecule has 4 aromatic rings. The molecule has 2 amide bonds. The summed E-state index contributed by atoms with van der Waals surface area (Å²) in [5, 5.41) is 7.19. The monoisotopic (exact) mass is 615 g/mol. The van der Waals surface area contributed by atoms with Crippen LogP contribution in [0.25, 0.3) is 22.4 Å². The molecule has 0 bridgehead atoms. The molecule has 0 saturated carbocycles. The summed E-state index contributed by atoms with van der Waals surface area (Å²) in [6, 6.07) is 16.2. The van der Waals surface area contributed by atoms with E-state index >= 15 is 0 Å². The largest absolute Gasteiger partial charge is 0.481 e. The second-order valence-corrected chi connectivity index (χ2v) is 11.0. The number of fused-ring (bicyclic) bond motifs is 1. The lowest BCUT2D eigenvalue weighted by atomic mass is 9.96. The van der Waals surface area contributed by atoms with Crippen LogP contribution >= 0.6 is 11.6 Å². The van der Waals surface area contributed by atoms with E-state index in [0.29, 0.717) is 54.0 Å². The Labute approximate surface area is 258 Å². The van der Waals surface area contributed by atoms with Gasteiger partial charge < -0.3 is 19.5 Å². The van der Waals surface area contributed by atoms with Gasteiger partial charge in [0.2, 0.25) is 5.88 Å². The van der Waals surface area contributed by atoms with Crippen LogP contribution in [0.1, 0.15) is 27.9 Å². The Morgan fingerprint density at radius 2 is 1.86 bits per heavy atom. The van der Waals surface area contributed by atoms with Gasteiger partial charge in [-0.1, -0.05) is 41.9 Å². The summed E-state index contributed by atoms with van der Waals surface area (Å²) >= 11 is 7.01. The Hall–Kier alpha value is -4.74. The zero-order valence-corrected chi connectivity index (χ0v) is 25.1. The summed E-state index contributed by atoms with van der Waals surface area (Å²) in [6.07, 6.45) is 1.47. The Balaban J connectivity index is 1.28. The highest BCUT2D eigenvalue weighted by atomic mass is 35.5. The topological polar surface area (TPSA) is 125 Å². The maximum Gasteiger partial charge on any atom is 0.410 e. The second kappa shape index (κ2) is 12.1. The molecule has 0 radical (unpaired) electrons. The number of aryl methyl sites for hydroxylation is 1. The highest BCUT2D eigenvalue weighted by molar-refractivity contribution is 6.36. The summed E-state index contributed by atoms with van der Waals surface area (Å²) in [5.74, 6) is -0.144. The lowest BCUT2D eigenvalue weighted by molar-refractivity contribution is -0.00816. The molecule has 2 saturated heterocycles. The second-order valence-electron chi connectivity index (χ2n) is 10.6. The van der Waals surface area contributed by atoms with Crippen LogP contribution in [0, 0.1) is 6.92 Å². The Bertz CT molecular complexity index is 1830. The van der Waals surface area contributed by atoms with Gasteiger partial charge in [-0.2, -0.15) is 5.10 Å². The minimum atomic E-state index is -0.529. The first-order valence-electron chi connectivity index (χ1n) is 14.1. The minimum absolute atomic E-state index is 0.00926. The molecule has 2 aliphatic rings. The average molecular weight is 616 g/mol. The normalized spacial score (nSPS) is 17.6. The molecule has 11 nitrogen and oxygen atoms in total. The van der Waals surface area contributed by atoms with E-state index in [1.54, 1.807) is 11.0 Å². The third-order valence-electron chi connectivity index (χ3n) is 8.03. The average Bonchev–Trinajstić information content (AvgIpc) is 3.34. The maximum atomic E-state index is 12.9. The van der Waals surface area contributed by atoms with E-state index in [2.05, 4.69) is 10.4 Å². The summed E-state index contributed by atoms with van der Waals surface area (Å²) in [5.41, 5.74) is 4.40. The molecular weight excluding hydrogens is 586 g/mol. The number of pyridine rings is 1. The van der Waals surface area contributed by atoms with Crippen LogP contribution in [0.4, 0.5) is 10.5 Å². The minimum Gasteiger partial charge on any atom is -0.481 e. The van der Waals surface area contributed by atoms with Gasteiger partial charge in [0.25, 0.3) is 11.5 Å². The van der Waals surface area contributed by atoms with Gasteiger partial charge in [0, 0.05) is 42.2 Å². The van der Waals surface area contributed by atoms with Crippen LogP contribution in [0.5, 0.6) is 5.88 Å². The molecule has 2 unspecified atom stereocenters. The van der Waals surface area contributed by atoms with E-state index in [1.807, 2.05) is 49.4 Å². The molecule has 2 aromatic heterocycles. The number of carbonyl (C=O) groups excluding carboxylic acids is 2. The molecule has 226 valence electrons. The van der Waals surface area contributed by atoms with E-state index in [1.165, 1.54) is 26.4 Å². The van der Waals surface area contributed by atoms with Crippen molar-refractivity contribution in [3.63, 3.8) is 0 Å². The molecule has 2 fully saturated rings. The third kappa shape index (κ3) is 5.40. The molecular formula is C32H30ClN5O6. The van der Waals surface area contributed by atoms with Crippen molar-refractivity contribution in [2.75, 3.05) is 25.6 Å². The molecule has 6 rings (SSSR count). The van der Waals surface area contributed by atoms with Gasteiger partial charge in [-0.3, -0.25) is 14.5 Å². The number of halogens is 1. The van der Waals surface area contributed by atoms with Crippen molar-refractivity contribution in [3.05, 3.63) is 92.9 Å². The molecule has 44 heavy (non-hydrogen) atoms. The molecule has 4 heterocycles. The molecule has 0 spiro atoms. The predicted molar refractivity (Wildman–Crippen MR) is 164 cm³/mol. The van der Waals surface area contributed by atoms with Gasteiger partial charge in [0.15, 0.2) is 0 Å². The molecule has 1 N–H and O–H groups in total. The first kappa shape index (κ1) is 29.3. The lowest BCUT2D eigenvalue weighted by Gasteiger charge is -2.28. The smallest absolute Gasteiger partial charge is 0.410 e. The van der Waals surface area contributed by atoms with E-state index in [0.717, 1.165) is 26.9 Å². The Morgan fingerprint density at radius 1 is 1.09 bits per heavy atom. The fraction of sp³-hybridized carbons (Fsp3) is 0.281. The van der Waals surface area contributed by atoms with Crippen LogP contribution in [0.15, 0.2) is 65.6 Å². The van der Waals surface area contributed by atoms with Crippen LogP contribution in [0.3, 0.4) is 0 Å². The van der Waals surface area contributed by atoms with Gasteiger partial charge in [-0.15, -0.1) is 0 Å². The van der Waals surface area contributed by atoms with Gasteiger partial charge in [-0.05, 0) is 48.7 Å². The van der Waals surface area contributed by atoms with Crippen LogP contribution in [0.2, 0.25) is 5.02 Å². The van der Waals surface area contributed by atoms with Gasteiger partial charge in [0.1, 0.15) is 11.7 Å². The summed E-state index contributed by atoms with van der Waals surface area (Å²) in [4.78, 5) is 44.4. The Kier molecular flexibility index (Phi) is 8.07. The standard InChI is InChI=1S/C32H30ClN5O6/c1-18-20(6-5-9-24(18)35-29(39)23-12-14-34-37(2)31(23)40)21-7-4-8-22(28(21)33)25-11-10-19(30(36-25)42-3)16-38-26-13-15-43-17-27(26)44-32(38)41/h4-12,14,26-27H,13,15-17H2,1-3H3,(H,35,39). The predicted octanol–water partition coefficient (Wildman–Crippen LogP) is 4.84. The Morgan fingerprint density at radius 3 is 2.68 bits per heavy atom. The van der Waals surface area contributed by atoms with Gasteiger partial charge >= 0.3 is 6.09 Å². The van der Waals surface area contributed by atoms with Gasteiger partial charge in [0.05, 0.1) is 37.0 Å². The van der Waals surface area contributed by atoms with Crippen molar-refractivity contribution in [3.8, 4) is 28.3 Å². The fourth-order valence-electron chi connectivity index (χ4n) is 5.65. The highest BCUT2D eigenvalue weighted by Gasteiger charge is 2.43. The van der Waals surface area contributed by atoms with E-state index in [-0.39, 0.29) is 23.8 Å². The third-order valence-corrected chi connectivity index (χ3v) is 8.43. The first-order valence-corrected chi connectivity index (χ1v) is 14.5. The lowest BCUT2D eigenvalue weighted by Crippen LogP contribution is -2.42. The van der Waals surface area contributed by atoms with Crippen molar-refractivity contribution in [2.45, 2.75) is 32.0 Å². The number of ether oxygens (including phenoxy) is 3. The fourth-order valence-corrected chi connectivity index (χ4v) is 5.98. The summed E-state index contributed by atoms with van der Waals surface area (Å²) in [7, 11) is 3.03. The van der Waals surface area contributed by atoms with Crippen molar-refractivity contribution in [2.24, 2.45) is 7.05 Å². The van der Waals surface area contributed by atoms with E-state index in [9.17, 15) is 14.4 Å². The number of amides is 2. The number of methoxy groups -OCH3 is 1.